The second-order valence-corrected chi connectivity index (χ2v) is 5.57. The number of hydrogen-bond acceptors (Lipinski definition) is 3. The molecule has 0 aliphatic rings. The van der Waals surface area contributed by atoms with Gasteiger partial charge in [0.25, 0.3) is 0 Å². The minimum absolute atomic E-state index is 0.114. The van der Waals surface area contributed by atoms with E-state index in [0.29, 0.717) is 5.02 Å². The molecule has 1 rings (SSSR count). The lowest BCUT2D eigenvalue weighted by Gasteiger charge is -2.22. The number of hydrogen-bond donors (Lipinski definition) is 2. The minimum atomic E-state index is -0.698. The van der Waals surface area contributed by atoms with Crippen LogP contribution in [0, 0.1) is 5.92 Å². The van der Waals surface area contributed by atoms with Gasteiger partial charge in [0, 0.05) is 18.7 Å². The summed E-state index contributed by atoms with van der Waals surface area (Å²) in [5.74, 6) is -0.270. The Bertz CT molecular complexity index is 437. The Kier molecular flexibility index (Phi) is 6.99. The molecule has 0 spiro atoms. The molecule has 0 aromatic heterocycles. The number of methoxy groups -OCH3 is 1. The molecular formula is C15H22ClNO3. The lowest BCUT2D eigenvalue weighted by Crippen LogP contribution is -2.38. The van der Waals surface area contributed by atoms with Crippen molar-refractivity contribution < 1.29 is 14.6 Å². The molecule has 1 aromatic carbocycles. The lowest BCUT2D eigenvalue weighted by molar-refractivity contribution is -0.124. The minimum Gasteiger partial charge on any atom is -0.389 e. The van der Waals surface area contributed by atoms with E-state index in [2.05, 4.69) is 5.32 Å². The van der Waals surface area contributed by atoms with Crippen LogP contribution in [0.1, 0.15) is 25.3 Å². The van der Waals surface area contributed by atoms with E-state index in [9.17, 15) is 9.90 Å². The van der Waals surface area contributed by atoms with E-state index in [1.807, 2.05) is 26.0 Å². The molecule has 2 unspecified atom stereocenters. The fourth-order valence-corrected chi connectivity index (χ4v) is 2.32. The van der Waals surface area contributed by atoms with Crippen molar-refractivity contribution >= 4 is 17.5 Å². The molecule has 0 heterocycles. The van der Waals surface area contributed by atoms with Gasteiger partial charge in [-0.15, -0.1) is 0 Å². The Labute approximate surface area is 125 Å². The van der Waals surface area contributed by atoms with E-state index in [1.54, 1.807) is 12.1 Å². The van der Waals surface area contributed by atoms with Crippen molar-refractivity contribution in [3.8, 4) is 0 Å². The van der Waals surface area contributed by atoms with Crippen LogP contribution in [0.15, 0.2) is 24.3 Å². The highest BCUT2D eigenvalue weighted by atomic mass is 35.5. The summed E-state index contributed by atoms with van der Waals surface area (Å²) >= 11 is 5.98. The third-order valence-electron chi connectivity index (χ3n) is 3.03. The van der Waals surface area contributed by atoms with Crippen LogP contribution in [0.4, 0.5) is 0 Å². The number of carbonyl (C=O) groups excluding carboxylic acids is 1. The smallest absolute Gasteiger partial charge is 0.227 e. The van der Waals surface area contributed by atoms with Crippen molar-refractivity contribution in [2.75, 3.05) is 20.3 Å². The number of benzene rings is 1. The monoisotopic (exact) mass is 299 g/mol. The fraction of sp³-hybridized carbons (Fsp3) is 0.533. The molecule has 0 fully saturated rings. The zero-order valence-electron chi connectivity index (χ0n) is 12.1. The fourth-order valence-electron chi connectivity index (χ4n) is 2.12. The summed E-state index contributed by atoms with van der Waals surface area (Å²) in [5.41, 5.74) is 0.881. The van der Waals surface area contributed by atoms with Gasteiger partial charge in [0.15, 0.2) is 0 Å². The molecule has 0 radical (unpaired) electrons. The number of aliphatic hydroxyl groups is 1. The Morgan fingerprint density at radius 3 is 2.70 bits per heavy atom. The average Bonchev–Trinajstić information content (AvgIpc) is 2.36. The lowest BCUT2D eigenvalue weighted by atomic mass is 9.87. The van der Waals surface area contributed by atoms with Gasteiger partial charge in [0.05, 0.1) is 18.6 Å². The maximum Gasteiger partial charge on any atom is 0.227 e. The number of nitrogens with one attached hydrogen (secondary N) is 1. The Morgan fingerprint density at radius 2 is 2.15 bits per heavy atom. The number of halogens is 1. The van der Waals surface area contributed by atoms with Gasteiger partial charge in [-0.05, 0) is 23.6 Å². The first-order valence-electron chi connectivity index (χ1n) is 6.66. The van der Waals surface area contributed by atoms with Gasteiger partial charge in [0.1, 0.15) is 0 Å². The second kappa shape index (κ2) is 8.25. The van der Waals surface area contributed by atoms with Crippen LogP contribution in [-0.2, 0) is 9.53 Å². The van der Waals surface area contributed by atoms with E-state index < -0.39 is 6.10 Å². The summed E-state index contributed by atoms with van der Waals surface area (Å²) in [4.78, 5) is 12.3. The SMILES string of the molecule is COCC(O)CNC(=O)C(c1cccc(Cl)c1)C(C)C. The maximum atomic E-state index is 12.3. The average molecular weight is 300 g/mol. The van der Waals surface area contributed by atoms with Crippen LogP contribution in [-0.4, -0.2) is 37.4 Å². The number of carbonyl (C=O) groups is 1. The molecule has 0 aliphatic carbocycles. The number of ether oxygens (including phenoxy) is 1. The summed E-state index contributed by atoms with van der Waals surface area (Å²) in [6.07, 6.45) is -0.698. The Balaban J connectivity index is 2.74. The molecule has 20 heavy (non-hydrogen) atoms. The number of aliphatic hydroxyl groups excluding tert-OH is 1. The number of rotatable bonds is 7. The predicted octanol–water partition coefficient (Wildman–Crippen LogP) is 2.20. The molecule has 1 aromatic rings. The van der Waals surface area contributed by atoms with Gasteiger partial charge in [-0.2, -0.15) is 0 Å². The molecule has 2 atom stereocenters. The highest BCUT2D eigenvalue weighted by molar-refractivity contribution is 6.30. The van der Waals surface area contributed by atoms with Gasteiger partial charge < -0.3 is 15.2 Å². The highest BCUT2D eigenvalue weighted by Crippen LogP contribution is 2.26. The van der Waals surface area contributed by atoms with E-state index in [-0.39, 0.29) is 30.9 Å². The molecule has 1 amide bonds. The van der Waals surface area contributed by atoms with Crippen molar-refractivity contribution in [2.45, 2.75) is 25.9 Å². The van der Waals surface area contributed by atoms with Crippen LogP contribution in [0.3, 0.4) is 0 Å². The summed E-state index contributed by atoms with van der Waals surface area (Å²) < 4.78 is 4.83. The van der Waals surface area contributed by atoms with Crippen molar-refractivity contribution in [2.24, 2.45) is 5.92 Å². The predicted molar refractivity (Wildman–Crippen MR) is 79.9 cm³/mol. The third kappa shape index (κ3) is 5.12. The van der Waals surface area contributed by atoms with Crippen molar-refractivity contribution in [3.05, 3.63) is 34.9 Å². The summed E-state index contributed by atoms with van der Waals surface area (Å²) in [6, 6.07) is 7.31. The maximum absolute atomic E-state index is 12.3. The first-order valence-corrected chi connectivity index (χ1v) is 7.03. The van der Waals surface area contributed by atoms with Crippen molar-refractivity contribution in [3.63, 3.8) is 0 Å². The standard InChI is InChI=1S/C15H22ClNO3/c1-10(2)14(11-5-4-6-12(16)7-11)15(19)17-8-13(18)9-20-3/h4-7,10,13-14,18H,8-9H2,1-3H3,(H,17,19). The molecule has 5 heteroatoms. The van der Waals surface area contributed by atoms with E-state index in [4.69, 9.17) is 16.3 Å². The van der Waals surface area contributed by atoms with Crippen LogP contribution in [0.5, 0.6) is 0 Å². The van der Waals surface area contributed by atoms with Gasteiger partial charge in [-0.1, -0.05) is 37.6 Å². The molecule has 4 nitrogen and oxygen atoms in total. The summed E-state index contributed by atoms with van der Waals surface area (Å²) in [7, 11) is 1.51. The van der Waals surface area contributed by atoms with Crippen LogP contribution < -0.4 is 5.32 Å². The van der Waals surface area contributed by atoms with Gasteiger partial charge in [0.2, 0.25) is 5.91 Å². The van der Waals surface area contributed by atoms with Crippen LogP contribution in [0.25, 0.3) is 0 Å². The summed E-state index contributed by atoms with van der Waals surface area (Å²) in [5, 5.41) is 12.9. The van der Waals surface area contributed by atoms with Crippen molar-refractivity contribution in [1.29, 1.82) is 0 Å². The van der Waals surface area contributed by atoms with Gasteiger partial charge in [-0.3, -0.25) is 4.79 Å². The topological polar surface area (TPSA) is 58.6 Å². The summed E-state index contributed by atoms with van der Waals surface area (Å²) in [6.45, 7) is 4.34. The first-order chi connectivity index (χ1) is 9.45. The molecule has 0 aliphatic heterocycles. The molecule has 0 saturated carbocycles. The highest BCUT2D eigenvalue weighted by Gasteiger charge is 2.24. The van der Waals surface area contributed by atoms with E-state index in [0.717, 1.165) is 5.56 Å². The quantitative estimate of drug-likeness (QED) is 0.811. The van der Waals surface area contributed by atoms with E-state index >= 15 is 0 Å². The normalized spacial score (nSPS) is 14.1. The zero-order valence-corrected chi connectivity index (χ0v) is 12.9. The first kappa shape index (κ1) is 17.0. The van der Waals surface area contributed by atoms with Gasteiger partial charge in [-0.25, -0.2) is 0 Å². The third-order valence-corrected chi connectivity index (χ3v) is 3.26. The molecule has 0 bridgehead atoms. The van der Waals surface area contributed by atoms with E-state index in [1.165, 1.54) is 7.11 Å². The number of amides is 1. The molecule has 112 valence electrons. The molecule has 2 N–H and O–H groups in total. The molecule has 0 saturated heterocycles. The van der Waals surface area contributed by atoms with Crippen molar-refractivity contribution in [1.82, 2.24) is 5.32 Å². The Morgan fingerprint density at radius 1 is 1.45 bits per heavy atom. The van der Waals surface area contributed by atoms with Crippen LogP contribution in [0.2, 0.25) is 5.02 Å². The molecular weight excluding hydrogens is 278 g/mol. The zero-order chi connectivity index (χ0) is 15.1. The largest absolute Gasteiger partial charge is 0.389 e. The second-order valence-electron chi connectivity index (χ2n) is 5.13. The Hall–Kier alpha value is -1.10. The van der Waals surface area contributed by atoms with Gasteiger partial charge >= 0.3 is 0 Å². The van der Waals surface area contributed by atoms with Crippen LogP contribution >= 0.6 is 11.6 Å².